The van der Waals surface area contributed by atoms with Crippen molar-refractivity contribution in [3.63, 3.8) is 0 Å². The maximum absolute atomic E-state index is 12.1. The molecule has 2 rings (SSSR count). The zero-order valence-electron chi connectivity index (χ0n) is 17.1. The minimum absolute atomic E-state index is 0.0983. The molecular formula is C22H28N2O3S. The van der Waals surface area contributed by atoms with Gasteiger partial charge >= 0.3 is 0 Å². The second-order valence-electron chi connectivity index (χ2n) is 7.85. The van der Waals surface area contributed by atoms with E-state index in [2.05, 4.69) is 38.2 Å². The van der Waals surface area contributed by atoms with Gasteiger partial charge in [0.05, 0.1) is 4.90 Å². The third-order valence-corrected chi connectivity index (χ3v) is 6.20. The number of hydrogen-bond acceptors (Lipinski definition) is 3. The smallest absolute Gasteiger partial charge is 0.244 e. The van der Waals surface area contributed by atoms with Crippen LogP contribution in [0.4, 0.5) is 0 Å². The van der Waals surface area contributed by atoms with E-state index in [1.807, 2.05) is 12.1 Å². The Morgan fingerprint density at radius 1 is 1.00 bits per heavy atom. The summed E-state index contributed by atoms with van der Waals surface area (Å²) in [6.07, 6.45) is 3.27. The predicted octanol–water partition coefficient (Wildman–Crippen LogP) is 3.56. The predicted molar refractivity (Wildman–Crippen MR) is 113 cm³/mol. The second kappa shape index (κ2) is 8.71. The minimum Gasteiger partial charge on any atom is -0.348 e. The highest BCUT2D eigenvalue weighted by atomic mass is 32.2. The summed E-state index contributed by atoms with van der Waals surface area (Å²) < 4.78 is 25.3. The number of nitrogens with zero attached hydrogens (tertiary/aromatic N) is 1. The fourth-order valence-electron chi connectivity index (χ4n) is 2.50. The number of rotatable bonds is 6. The summed E-state index contributed by atoms with van der Waals surface area (Å²) in [5.41, 5.74) is 3.13. The average molecular weight is 401 g/mol. The summed E-state index contributed by atoms with van der Waals surface area (Å²) in [5.74, 6) is -0.204. The molecule has 0 aromatic heterocycles. The van der Waals surface area contributed by atoms with Gasteiger partial charge in [-0.25, -0.2) is 12.7 Å². The fourth-order valence-corrected chi connectivity index (χ4v) is 3.41. The van der Waals surface area contributed by atoms with E-state index in [0.717, 1.165) is 11.1 Å². The molecule has 5 nitrogen and oxygen atoms in total. The normalized spacial score (nSPS) is 12.5. The zero-order valence-corrected chi connectivity index (χ0v) is 17.9. The van der Waals surface area contributed by atoms with Crippen LogP contribution in [-0.2, 0) is 26.8 Å². The van der Waals surface area contributed by atoms with E-state index in [1.54, 1.807) is 30.3 Å². The van der Waals surface area contributed by atoms with Crippen LogP contribution in [0.1, 0.15) is 37.5 Å². The van der Waals surface area contributed by atoms with Crippen LogP contribution in [0.25, 0.3) is 6.08 Å². The number of carbonyl (C=O) groups excluding carboxylic acids is 1. The molecule has 0 heterocycles. The maximum Gasteiger partial charge on any atom is 0.244 e. The van der Waals surface area contributed by atoms with E-state index in [1.165, 1.54) is 30.0 Å². The van der Waals surface area contributed by atoms with Crippen LogP contribution in [0, 0.1) is 0 Å². The molecule has 2 aromatic carbocycles. The molecule has 0 saturated heterocycles. The molecule has 0 spiro atoms. The molecule has 0 aliphatic carbocycles. The topological polar surface area (TPSA) is 66.5 Å². The highest BCUT2D eigenvalue weighted by molar-refractivity contribution is 7.89. The van der Waals surface area contributed by atoms with Gasteiger partial charge in [-0.2, -0.15) is 0 Å². The minimum atomic E-state index is -3.44. The van der Waals surface area contributed by atoms with Gasteiger partial charge in [0.2, 0.25) is 15.9 Å². The van der Waals surface area contributed by atoms with Gasteiger partial charge in [-0.05, 0) is 40.3 Å². The number of nitrogens with one attached hydrogen (secondary N) is 1. The lowest BCUT2D eigenvalue weighted by Gasteiger charge is -2.18. The first-order chi connectivity index (χ1) is 13.0. The van der Waals surface area contributed by atoms with Crippen LogP contribution >= 0.6 is 0 Å². The largest absolute Gasteiger partial charge is 0.348 e. The molecule has 28 heavy (non-hydrogen) atoms. The van der Waals surface area contributed by atoms with E-state index in [9.17, 15) is 13.2 Å². The highest BCUT2D eigenvalue weighted by Crippen LogP contribution is 2.22. The SMILES string of the molecule is CN(C)S(=O)(=O)c1ccc(CNC(=O)C=Cc2ccc(C(C)(C)C)cc2)cc1. The summed E-state index contributed by atoms with van der Waals surface area (Å²) in [7, 11) is -0.457. The number of carbonyl (C=O) groups is 1. The Morgan fingerprint density at radius 3 is 2.07 bits per heavy atom. The van der Waals surface area contributed by atoms with Crippen molar-refractivity contribution in [2.75, 3.05) is 14.1 Å². The molecule has 1 N–H and O–H groups in total. The van der Waals surface area contributed by atoms with E-state index in [-0.39, 0.29) is 16.2 Å². The summed E-state index contributed by atoms with van der Waals surface area (Å²) in [5, 5.41) is 2.80. The van der Waals surface area contributed by atoms with Crippen molar-refractivity contribution in [2.45, 2.75) is 37.6 Å². The van der Waals surface area contributed by atoms with E-state index in [0.29, 0.717) is 6.54 Å². The lowest BCUT2D eigenvalue weighted by Crippen LogP contribution is -2.22. The first-order valence-corrected chi connectivity index (χ1v) is 10.5. The summed E-state index contributed by atoms with van der Waals surface area (Å²) >= 11 is 0. The third kappa shape index (κ3) is 5.78. The molecule has 0 bridgehead atoms. The lowest BCUT2D eigenvalue weighted by molar-refractivity contribution is -0.116. The Hall–Kier alpha value is -2.44. The molecule has 0 aliphatic rings. The first-order valence-electron chi connectivity index (χ1n) is 9.08. The van der Waals surface area contributed by atoms with Gasteiger partial charge < -0.3 is 5.32 Å². The van der Waals surface area contributed by atoms with Crippen molar-refractivity contribution in [2.24, 2.45) is 0 Å². The molecule has 1 amide bonds. The third-order valence-electron chi connectivity index (χ3n) is 4.37. The Bertz CT molecular complexity index is 937. The lowest BCUT2D eigenvalue weighted by atomic mass is 9.87. The Labute approximate surface area is 168 Å². The van der Waals surface area contributed by atoms with E-state index >= 15 is 0 Å². The molecule has 150 valence electrons. The quantitative estimate of drug-likeness (QED) is 0.754. The summed E-state index contributed by atoms with van der Waals surface area (Å²) in [6.45, 7) is 6.81. The van der Waals surface area contributed by atoms with E-state index < -0.39 is 10.0 Å². The monoisotopic (exact) mass is 400 g/mol. The van der Waals surface area contributed by atoms with Crippen LogP contribution in [0.2, 0.25) is 0 Å². The van der Waals surface area contributed by atoms with Crippen LogP contribution in [0.3, 0.4) is 0 Å². The molecule has 6 heteroatoms. The standard InChI is InChI=1S/C22H28N2O3S/c1-22(2,3)19-11-6-17(7-12-19)10-15-21(25)23-16-18-8-13-20(14-9-18)28(26,27)24(4)5/h6-15H,16H2,1-5H3,(H,23,25). The van der Waals surface area contributed by atoms with Gasteiger partial charge in [0.15, 0.2) is 0 Å². The van der Waals surface area contributed by atoms with Crippen LogP contribution in [0.15, 0.2) is 59.5 Å². The first kappa shape index (κ1) is 21.9. The van der Waals surface area contributed by atoms with Crippen molar-refractivity contribution in [1.29, 1.82) is 0 Å². The van der Waals surface area contributed by atoms with Gasteiger partial charge in [-0.3, -0.25) is 4.79 Å². The van der Waals surface area contributed by atoms with Crippen molar-refractivity contribution in [3.05, 3.63) is 71.3 Å². The van der Waals surface area contributed by atoms with Crippen molar-refractivity contribution in [1.82, 2.24) is 9.62 Å². The molecule has 0 unspecified atom stereocenters. The Kier molecular flexibility index (Phi) is 6.80. The van der Waals surface area contributed by atoms with Gasteiger partial charge in [0, 0.05) is 26.7 Å². The van der Waals surface area contributed by atoms with Crippen LogP contribution in [0.5, 0.6) is 0 Å². The highest BCUT2D eigenvalue weighted by Gasteiger charge is 2.16. The second-order valence-corrected chi connectivity index (χ2v) is 10.0. The van der Waals surface area contributed by atoms with Crippen LogP contribution in [-0.4, -0.2) is 32.7 Å². The molecule has 0 aliphatic heterocycles. The fraction of sp³-hybridized carbons (Fsp3) is 0.318. The molecule has 0 fully saturated rings. The summed E-state index contributed by atoms with van der Waals surface area (Å²) in [4.78, 5) is 12.3. The van der Waals surface area contributed by atoms with Gasteiger partial charge in [-0.15, -0.1) is 0 Å². The van der Waals surface area contributed by atoms with Crippen molar-refractivity contribution in [3.8, 4) is 0 Å². The van der Waals surface area contributed by atoms with Gasteiger partial charge in [0.25, 0.3) is 0 Å². The number of sulfonamides is 1. The van der Waals surface area contributed by atoms with Crippen molar-refractivity contribution < 1.29 is 13.2 Å². The number of hydrogen-bond donors (Lipinski definition) is 1. The number of amides is 1. The molecule has 2 aromatic rings. The zero-order chi connectivity index (χ0) is 20.9. The average Bonchev–Trinajstić information content (AvgIpc) is 2.64. The number of benzene rings is 2. The van der Waals surface area contributed by atoms with Crippen molar-refractivity contribution >= 4 is 22.0 Å². The molecular weight excluding hydrogens is 372 g/mol. The Morgan fingerprint density at radius 2 is 1.57 bits per heavy atom. The van der Waals surface area contributed by atoms with Gasteiger partial charge in [0.1, 0.15) is 0 Å². The van der Waals surface area contributed by atoms with E-state index in [4.69, 9.17) is 0 Å². The van der Waals surface area contributed by atoms with Crippen LogP contribution < -0.4 is 5.32 Å². The molecule has 0 radical (unpaired) electrons. The molecule has 0 atom stereocenters. The molecule has 0 saturated carbocycles. The maximum atomic E-state index is 12.1. The summed E-state index contributed by atoms with van der Waals surface area (Å²) in [6, 6.07) is 14.6. The Balaban J connectivity index is 1.93. The van der Waals surface area contributed by atoms with Gasteiger partial charge in [-0.1, -0.05) is 57.2 Å².